The summed E-state index contributed by atoms with van der Waals surface area (Å²) in [5, 5.41) is 8.12. The van der Waals surface area contributed by atoms with Gasteiger partial charge in [0, 0.05) is 11.7 Å². The topological polar surface area (TPSA) is 29.9 Å². The first-order valence-corrected chi connectivity index (χ1v) is 7.41. The first kappa shape index (κ1) is 14.8. The van der Waals surface area contributed by atoms with Crippen molar-refractivity contribution in [3.8, 4) is 5.69 Å². The van der Waals surface area contributed by atoms with Crippen LogP contribution in [0, 0.1) is 20.8 Å². The quantitative estimate of drug-likeness (QED) is 0.895. The third kappa shape index (κ3) is 2.93. The zero-order valence-electron chi connectivity index (χ0n) is 13.2. The molecule has 1 atom stereocenters. The van der Waals surface area contributed by atoms with Crippen LogP contribution in [0.2, 0.25) is 0 Å². The van der Waals surface area contributed by atoms with Crippen LogP contribution < -0.4 is 5.32 Å². The van der Waals surface area contributed by atoms with Gasteiger partial charge in [-0.1, -0.05) is 19.1 Å². The van der Waals surface area contributed by atoms with Gasteiger partial charge in [-0.2, -0.15) is 5.10 Å². The van der Waals surface area contributed by atoms with Gasteiger partial charge in [-0.3, -0.25) is 0 Å². The monoisotopic (exact) mass is 271 g/mol. The molecule has 0 amide bonds. The van der Waals surface area contributed by atoms with Crippen molar-refractivity contribution >= 4 is 0 Å². The standard InChI is InChI=1S/C17H25N3/c1-6-11-18-14(4)16-7-9-17(10-8-16)20-15(5)12(2)13(3)19-20/h7-10,14,18H,6,11H2,1-5H3. The molecule has 2 aromatic rings. The molecule has 3 nitrogen and oxygen atoms in total. The first-order valence-electron chi connectivity index (χ1n) is 7.41. The molecule has 0 bridgehead atoms. The van der Waals surface area contributed by atoms with Crippen LogP contribution in [0.3, 0.4) is 0 Å². The zero-order valence-corrected chi connectivity index (χ0v) is 13.2. The van der Waals surface area contributed by atoms with Crippen LogP contribution in [-0.4, -0.2) is 16.3 Å². The Morgan fingerprint density at radius 3 is 2.30 bits per heavy atom. The minimum Gasteiger partial charge on any atom is -0.310 e. The molecule has 0 aliphatic carbocycles. The maximum Gasteiger partial charge on any atom is 0.0649 e. The highest BCUT2D eigenvalue weighted by Crippen LogP contribution is 2.19. The number of hydrogen-bond acceptors (Lipinski definition) is 2. The highest BCUT2D eigenvalue weighted by atomic mass is 15.3. The summed E-state index contributed by atoms with van der Waals surface area (Å²) in [5.74, 6) is 0. The van der Waals surface area contributed by atoms with E-state index in [1.807, 2.05) is 4.68 Å². The molecule has 0 radical (unpaired) electrons. The van der Waals surface area contributed by atoms with E-state index in [-0.39, 0.29) is 0 Å². The van der Waals surface area contributed by atoms with Crippen LogP contribution in [0.5, 0.6) is 0 Å². The summed E-state index contributed by atoms with van der Waals surface area (Å²) in [6.07, 6.45) is 1.16. The van der Waals surface area contributed by atoms with Crippen molar-refractivity contribution < 1.29 is 0 Å². The molecular formula is C17H25N3. The van der Waals surface area contributed by atoms with Gasteiger partial charge in [-0.15, -0.1) is 0 Å². The van der Waals surface area contributed by atoms with Crippen molar-refractivity contribution in [2.75, 3.05) is 6.54 Å². The van der Waals surface area contributed by atoms with Crippen molar-refractivity contribution in [2.24, 2.45) is 0 Å². The molecule has 0 aliphatic rings. The largest absolute Gasteiger partial charge is 0.310 e. The predicted molar refractivity (Wildman–Crippen MR) is 84.5 cm³/mol. The van der Waals surface area contributed by atoms with Crippen LogP contribution in [0.4, 0.5) is 0 Å². The Labute approximate surface area is 122 Å². The second kappa shape index (κ2) is 6.23. The Morgan fingerprint density at radius 1 is 1.15 bits per heavy atom. The van der Waals surface area contributed by atoms with Crippen molar-refractivity contribution in [2.45, 2.75) is 47.1 Å². The van der Waals surface area contributed by atoms with Crippen LogP contribution in [0.1, 0.15) is 48.8 Å². The number of aromatic nitrogens is 2. The Morgan fingerprint density at radius 2 is 1.80 bits per heavy atom. The number of nitrogens with one attached hydrogen (secondary N) is 1. The highest BCUT2D eigenvalue weighted by Gasteiger charge is 2.09. The fraction of sp³-hybridized carbons (Fsp3) is 0.471. The molecule has 1 unspecified atom stereocenters. The van der Waals surface area contributed by atoms with Gasteiger partial charge in [-0.05, 0) is 63.9 Å². The van der Waals surface area contributed by atoms with Gasteiger partial charge < -0.3 is 5.32 Å². The van der Waals surface area contributed by atoms with Crippen molar-refractivity contribution in [3.63, 3.8) is 0 Å². The number of rotatable bonds is 5. The van der Waals surface area contributed by atoms with E-state index in [9.17, 15) is 0 Å². The molecule has 3 heteroatoms. The molecule has 0 saturated carbocycles. The number of benzene rings is 1. The fourth-order valence-electron chi connectivity index (χ4n) is 2.35. The number of aryl methyl sites for hydroxylation is 1. The van der Waals surface area contributed by atoms with Crippen molar-refractivity contribution in [1.29, 1.82) is 0 Å². The number of hydrogen-bond donors (Lipinski definition) is 1. The highest BCUT2D eigenvalue weighted by molar-refractivity contribution is 5.39. The Balaban J connectivity index is 2.21. The lowest BCUT2D eigenvalue weighted by Gasteiger charge is -2.14. The summed E-state index contributed by atoms with van der Waals surface area (Å²) in [6, 6.07) is 9.07. The maximum atomic E-state index is 4.61. The SMILES string of the molecule is CCCNC(C)c1ccc(-n2nc(C)c(C)c2C)cc1. The van der Waals surface area contributed by atoms with Crippen molar-refractivity contribution in [1.82, 2.24) is 15.1 Å². The van der Waals surface area contributed by atoms with Crippen LogP contribution in [0.15, 0.2) is 24.3 Å². The second-order valence-electron chi connectivity index (χ2n) is 5.47. The lowest BCUT2D eigenvalue weighted by molar-refractivity contribution is 0.570. The van der Waals surface area contributed by atoms with E-state index in [1.165, 1.54) is 16.8 Å². The summed E-state index contributed by atoms with van der Waals surface area (Å²) < 4.78 is 2.03. The third-order valence-corrected chi connectivity index (χ3v) is 3.99. The average molecular weight is 271 g/mol. The van der Waals surface area contributed by atoms with Gasteiger partial charge in [-0.25, -0.2) is 4.68 Å². The van der Waals surface area contributed by atoms with E-state index in [0.29, 0.717) is 6.04 Å². The fourth-order valence-corrected chi connectivity index (χ4v) is 2.35. The Kier molecular flexibility index (Phi) is 4.61. The molecule has 0 saturated heterocycles. The maximum absolute atomic E-state index is 4.61. The van der Waals surface area contributed by atoms with E-state index < -0.39 is 0 Å². The van der Waals surface area contributed by atoms with Gasteiger partial charge in [0.15, 0.2) is 0 Å². The normalized spacial score (nSPS) is 12.7. The van der Waals surface area contributed by atoms with E-state index in [2.05, 4.69) is 69.3 Å². The number of nitrogens with zero attached hydrogens (tertiary/aromatic N) is 2. The van der Waals surface area contributed by atoms with Gasteiger partial charge in [0.05, 0.1) is 11.4 Å². The summed E-state index contributed by atoms with van der Waals surface area (Å²) >= 11 is 0. The minimum absolute atomic E-state index is 0.395. The van der Waals surface area contributed by atoms with Gasteiger partial charge in [0.2, 0.25) is 0 Å². The summed E-state index contributed by atoms with van der Waals surface area (Å²) in [7, 11) is 0. The van der Waals surface area contributed by atoms with Crippen LogP contribution >= 0.6 is 0 Å². The molecule has 20 heavy (non-hydrogen) atoms. The van der Waals surface area contributed by atoms with Crippen LogP contribution in [-0.2, 0) is 0 Å². The van der Waals surface area contributed by atoms with E-state index in [1.54, 1.807) is 0 Å². The van der Waals surface area contributed by atoms with E-state index >= 15 is 0 Å². The molecule has 0 spiro atoms. The molecule has 108 valence electrons. The lowest BCUT2D eigenvalue weighted by Crippen LogP contribution is -2.19. The molecule has 0 fully saturated rings. The van der Waals surface area contributed by atoms with E-state index in [0.717, 1.165) is 24.3 Å². The molecule has 1 heterocycles. The smallest absolute Gasteiger partial charge is 0.0649 e. The average Bonchev–Trinajstić information content (AvgIpc) is 2.72. The second-order valence-corrected chi connectivity index (χ2v) is 5.47. The minimum atomic E-state index is 0.395. The lowest BCUT2D eigenvalue weighted by atomic mass is 10.1. The molecule has 0 aliphatic heterocycles. The van der Waals surface area contributed by atoms with E-state index in [4.69, 9.17) is 0 Å². The Bertz CT molecular complexity index is 567. The Hall–Kier alpha value is -1.61. The molecule has 1 aromatic heterocycles. The third-order valence-electron chi connectivity index (χ3n) is 3.99. The summed E-state index contributed by atoms with van der Waals surface area (Å²) in [4.78, 5) is 0. The summed E-state index contributed by atoms with van der Waals surface area (Å²) in [5.41, 5.74) is 6.04. The van der Waals surface area contributed by atoms with Crippen LogP contribution in [0.25, 0.3) is 5.69 Å². The van der Waals surface area contributed by atoms with Gasteiger partial charge in [0.25, 0.3) is 0 Å². The molecule has 2 rings (SSSR count). The summed E-state index contributed by atoms with van der Waals surface area (Å²) in [6.45, 7) is 11.8. The van der Waals surface area contributed by atoms with Crippen molar-refractivity contribution in [3.05, 3.63) is 46.8 Å². The molecule has 1 N–H and O–H groups in total. The van der Waals surface area contributed by atoms with Gasteiger partial charge >= 0.3 is 0 Å². The predicted octanol–water partition coefficient (Wildman–Crippen LogP) is 3.86. The molecule has 1 aromatic carbocycles. The zero-order chi connectivity index (χ0) is 14.7. The first-order chi connectivity index (χ1) is 9.54. The molecular weight excluding hydrogens is 246 g/mol. The van der Waals surface area contributed by atoms with Gasteiger partial charge in [0.1, 0.15) is 0 Å².